The van der Waals surface area contributed by atoms with Crippen LogP contribution in [0.5, 0.6) is 11.5 Å². The van der Waals surface area contributed by atoms with Crippen LogP contribution >= 0.6 is 15.9 Å². The second kappa shape index (κ2) is 8.32. The second-order valence-corrected chi connectivity index (χ2v) is 4.70. The van der Waals surface area contributed by atoms with Crippen molar-refractivity contribution in [1.29, 1.82) is 0 Å². The van der Waals surface area contributed by atoms with Gasteiger partial charge in [-0.25, -0.2) is 0 Å². The molecule has 0 saturated carbocycles. The minimum Gasteiger partial charge on any atom is -0.493 e. The summed E-state index contributed by atoms with van der Waals surface area (Å²) in [4.78, 5) is 6.73. The molecule has 1 aromatic rings. The number of rotatable bonds is 8. The number of hydrogen-bond acceptors (Lipinski definition) is 4. The number of alkyl halides is 1. The third-order valence-electron chi connectivity index (χ3n) is 2.79. The first-order valence-electron chi connectivity index (χ1n) is 6.11. The molecule has 0 unspecified atom stereocenters. The van der Waals surface area contributed by atoms with Gasteiger partial charge < -0.3 is 9.47 Å². The van der Waals surface area contributed by atoms with Gasteiger partial charge in [0.25, 0.3) is 0 Å². The molecule has 0 aliphatic carbocycles. The lowest BCUT2D eigenvalue weighted by atomic mass is 10.2. The van der Waals surface area contributed by atoms with Crippen molar-refractivity contribution in [2.24, 2.45) is 0 Å². The summed E-state index contributed by atoms with van der Waals surface area (Å²) in [5.74, 6) is 1.47. The first kappa shape index (κ1) is 15.2. The zero-order valence-electron chi connectivity index (χ0n) is 11.3. The first-order valence-corrected chi connectivity index (χ1v) is 7.23. The molecule has 0 bridgehead atoms. The zero-order valence-corrected chi connectivity index (χ0v) is 12.9. The first-order chi connectivity index (χ1) is 8.76. The van der Waals surface area contributed by atoms with Crippen LogP contribution in [0.25, 0.3) is 0 Å². The van der Waals surface area contributed by atoms with Crippen molar-refractivity contribution in [3.05, 3.63) is 18.0 Å². The molecule has 0 aromatic carbocycles. The highest BCUT2D eigenvalue weighted by molar-refractivity contribution is 9.09. The Bertz CT molecular complexity index is 361. The summed E-state index contributed by atoms with van der Waals surface area (Å²) >= 11 is 3.46. The molecule has 0 atom stereocenters. The van der Waals surface area contributed by atoms with E-state index in [1.165, 1.54) is 0 Å². The Hall–Kier alpha value is -0.810. The van der Waals surface area contributed by atoms with Crippen LogP contribution in [0.3, 0.4) is 0 Å². The maximum Gasteiger partial charge on any atom is 0.183 e. The molecular formula is C13H21BrN2O2. The Kier molecular flexibility index (Phi) is 7.05. The van der Waals surface area contributed by atoms with E-state index < -0.39 is 0 Å². The van der Waals surface area contributed by atoms with Crippen molar-refractivity contribution in [3.63, 3.8) is 0 Å². The third-order valence-corrected chi connectivity index (χ3v) is 3.36. The Morgan fingerprint density at radius 2 is 2.11 bits per heavy atom. The van der Waals surface area contributed by atoms with Gasteiger partial charge in [0.15, 0.2) is 11.5 Å². The molecular weight excluding hydrogens is 296 g/mol. The molecule has 0 radical (unpaired) electrons. The second-order valence-electron chi connectivity index (χ2n) is 3.90. The molecule has 4 nitrogen and oxygen atoms in total. The minimum atomic E-state index is 0.734. The standard InChI is InChI=1S/C13H21BrN2O2/c1-4-16(9-5-7-14)10-11-13(18-3)12(17-2)6-8-15-11/h6,8H,4-5,7,9-10H2,1-3H3. The van der Waals surface area contributed by atoms with Gasteiger partial charge in [-0.05, 0) is 19.5 Å². The van der Waals surface area contributed by atoms with E-state index in [2.05, 4.69) is 32.7 Å². The normalized spacial score (nSPS) is 10.7. The van der Waals surface area contributed by atoms with Crippen molar-refractivity contribution in [2.45, 2.75) is 19.9 Å². The number of hydrogen-bond donors (Lipinski definition) is 0. The van der Waals surface area contributed by atoms with Gasteiger partial charge in [-0.15, -0.1) is 0 Å². The molecule has 0 saturated heterocycles. The lowest BCUT2D eigenvalue weighted by Crippen LogP contribution is -2.25. The van der Waals surface area contributed by atoms with Gasteiger partial charge in [0.1, 0.15) is 5.69 Å². The Balaban J connectivity index is 2.81. The molecule has 0 N–H and O–H groups in total. The van der Waals surface area contributed by atoms with Crippen molar-refractivity contribution >= 4 is 15.9 Å². The maximum absolute atomic E-state index is 5.39. The number of methoxy groups -OCH3 is 2. The predicted octanol–water partition coefficient (Wildman–Crippen LogP) is 2.71. The molecule has 102 valence electrons. The lowest BCUT2D eigenvalue weighted by molar-refractivity contribution is 0.269. The number of halogens is 1. The van der Waals surface area contributed by atoms with Crippen molar-refractivity contribution < 1.29 is 9.47 Å². The van der Waals surface area contributed by atoms with Crippen LogP contribution in [0, 0.1) is 0 Å². The number of ether oxygens (including phenoxy) is 2. The molecule has 0 fully saturated rings. The van der Waals surface area contributed by atoms with Crippen LogP contribution < -0.4 is 9.47 Å². The molecule has 1 aromatic heterocycles. The van der Waals surface area contributed by atoms with Crippen LogP contribution in [0.1, 0.15) is 19.0 Å². The van der Waals surface area contributed by atoms with E-state index in [9.17, 15) is 0 Å². The van der Waals surface area contributed by atoms with Crippen molar-refractivity contribution in [2.75, 3.05) is 32.6 Å². The minimum absolute atomic E-state index is 0.734. The highest BCUT2D eigenvalue weighted by atomic mass is 79.9. The summed E-state index contributed by atoms with van der Waals surface area (Å²) in [6, 6.07) is 1.82. The number of aromatic nitrogens is 1. The number of nitrogens with zero attached hydrogens (tertiary/aromatic N) is 2. The largest absolute Gasteiger partial charge is 0.493 e. The molecule has 0 aliphatic heterocycles. The summed E-state index contributed by atoms with van der Waals surface area (Å²) < 4.78 is 10.7. The van der Waals surface area contributed by atoms with Crippen molar-refractivity contribution in [1.82, 2.24) is 9.88 Å². The fourth-order valence-electron chi connectivity index (χ4n) is 1.81. The molecule has 0 spiro atoms. The van der Waals surface area contributed by atoms with Crippen LogP contribution in [0.4, 0.5) is 0 Å². The summed E-state index contributed by atoms with van der Waals surface area (Å²) in [6.45, 7) is 4.98. The maximum atomic E-state index is 5.39. The van der Waals surface area contributed by atoms with E-state index in [0.717, 1.165) is 48.6 Å². The van der Waals surface area contributed by atoms with E-state index in [1.807, 2.05) is 6.07 Å². The Morgan fingerprint density at radius 1 is 1.33 bits per heavy atom. The van der Waals surface area contributed by atoms with E-state index in [1.54, 1.807) is 20.4 Å². The van der Waals surface area contributed by atoms with Crippen LogP contribution in [-0.2, 0) is 6.54 Å². The van der Waals surface area contributed by atoms with E-state index in [0.29, 0.717) is 0 Å². The average Bonchev–Trinajstić information content (AvgIpc) is 2.42. The predicted molar refractivity (Wildman–Crippen MR) is 76.7 cm³/mol. The third kappa shape index (κ3) is 4.14. The van der Waals surface area contributed by atoms with Gasteiger partial charge in [-0.2, -0.15) is 0 Å². The molecule has 0 amide bonds. The molecule has 18 heavy (non-hydrogen) atoms. The van der Waals surface area contributed by atoms with Crippen molar-refractivity contribution in [3.8, 4) is 11.5 Å². The fraction of sp³-hybridized carbons (Fsp3) is 0.615. The van der Waals surface area contributed by atoms with E-state index in [-0.39, 0.29) is 0 Å². The van der Waals surface area contributed by atoms with Gasteiger partial charge >= 0.3 is 0 Å². The summed E-state index contributed by atoms with van der Waals surface area (Å²) in [7, 11) is 3.29. The molecule has 1 heterocycles. The molecule has 1 rings (SSSR count). The van der Waals surface area contributed by atoms with E-state index >= 15 is 0 Å². The fourth-order valence-corrected chi connectivity index (χ4v) is 2.06. The summed E-state index contributed by atoms with van der Waals surface area (Å²) in [5.41, 5.74) is 0.924. The molecule has 0 aliphatic rings. The van der Waals surface area contributed by atoms with Gasteiger partial charge in [0.2, 0.25) is 0 Å². The quantitative estimate of drug-likeness (QED) is 0.691. The van der Waals surface area contributed by atoms with Crippen LogP contribution in [0.15, 0.2) is 12.3 Å². The summed E-state index contributed by atoms with van der Waals surface area (Å²) in [5, 5.41) is 1.02. The average molecular weight is 317 g/mol. The lowest BCUT2D eigenvalue weighted by Gasteiger charge is -2.21. The molecule has 5 heteroatoms. The SMILES string of the molecule is CCN(CCCBr)Cc1nccc(OC)c1OC. The van der Waals surface area contributed by atoms with Gasteiger partial charge in [0.05, 0.1) is 14.2 Å². The van der Waals surface area contributed by atoms with Crippen LogP contribution in [0.2, 0.25) is 0 Å². The smallest absolute Gasteiger partial charge is 0.183 e. The van der Waals surface area contributed by atoms with E-state index in [4.69, 9.17) is 9.47 Å². The van der Waals surface area contributed by atoms with Gasteiger partial charge in [-0.1, -0.05) is 22.9 Å². The Labute approximate surface area is 117 Å². The highest BCUT2D eigenvalue weighted by Crippen LogP contribution is 2.29. The summed E-state index contributed by atoms with van der Waals surface area (Å²) in [6.07, 6.45) is 2.88. The Morgan fingerprint density at radius 3 is 2.67 bits per heavy atom. The highest BCUT2D eigenvalue weighted by Gasteiger charge is 2.13. The zero-order chi connectivity index (χ0) is 13.4. The monoisotopic (exact) mass is 316 g/mol. The van der Waals surface area contributed by atoms with Gasteiger partial charge in [-0.3, -0.25) is 9.88 Å². The van der Waals surface area contributed by atoms with Gasteiger partial charge in [0, 0.05) is 24.1 Å². The topological polar surface area (TPSA) is 34.6 Å². The van der Waals surface area contributed by atoms with Crippen LogP contribution in [-0.4, -0.2) is 42.5 Å². The number of pyridine rings is 1.